The third-order valence-electron chi connectivity index (χ3n) is 3.64. The van der Waals surface area contributed by atoms with Gasteiger partial charge in [0.25, 0.3) is 0 Å². The van der Waals surface area contributed by atoms with Gasteiger partial charge in [-0.1, -0.05) is 0 Å². The Morgan fingerprint density at radius 1 is 1.41 bits per heavy atom. The zero-order chi connectivity index (χ0) is 11.8. The molecule has 94 valence electrons. The van der Waals surface area contributed by atoms with E-state index >= 15 is 0 Å². The molecule has 1 aliphatic heterocycles. The quantitative estimate of drug-likeness (QED) is 0.666. The Hall–Kier alpha value is -1.14. The van der Waals surface area contributed by atoms with Crippen molar-refractivity contribution in [2.24, 2.45) is 0 Å². The first-order valence-electron chi connectivity index (χ1n) is 6.31. The van der Waals surface area contributed by atoms with Gasteiger partial charge in [-0.2, -0.15) is 4.98 Å². The maximum atomic E-state index is 9.29. The fraction of sp³-hybridized carbons (Fsp3) is 0.818. The summed E-state index contributed by atoms with van der Waals surface area (Å²) in [6, 6.07) is 0.483. The van der Waals surface area contributed by atoms with Gasteiger partial charge in [0.15, 0.2) is 0 Å². The number of nitrogens with zero attached hydrogens (tertiary/aromatic N) is 3. The van der Waals surface area contributed by atoms with Crippen molar-refractivity contribution in [3.8, 4) is 0 Å². The predicted octanol–water partition coefficient (Wildman–Crippen LogP) is -0.159. The number of H-pyrrole nitrogens is 1. The number of anilines is 1. The summed E-state index contributed by atoms with van der Waals surface area (Å²) < 4.78 is 0. The number of aromatic nitrogens is 3. The average Bonchev–Trinajstić information content (AvgIpc) is 2.74. The van der Waals surface area contributed by atoms with Crippen LogP contribution in [0.3, 0.4) is 0 Å². The molecule has 2 aliphatic rings. The summed E-state index contributed by atoms with van der Waals surface area (Å²) >= 11 is 0. The summed E-state index contributed by atoms with van der Waals surface area (Å²) in [5.74, 6) is 2.10. The van der Waals surface area contributed by atoms with Crippen molar-refractivity contribution >= 4 is 5.95 Å². The zero-order valence-electron chi connectivity index (χ0n) is 10.1. The molecule has 0 unspecified atom stereocenters. The van der Waals surface area contributed by atoms with Gasteiger partial charge in [-0.05, 0) is 19.8 Å². The van der Waals surface area contributed by atoms with Gasteiger partial charge in [-0.25, -0.2) is 0 Å². The average molecular weight is 237 g/mol. The van der Waals surface area contributed by atoms with Crippen LogP contribution in [0, 0.1) is 0 Å². The van der Waals surface area contributed by atoms with Crippen molar-refractivity contribution in [1.29, 1.82) is 0 Å². The minimum Gasteiger partial charge on any atom is -0.393 e. The van der Waals surface area contributed by atoms with Gasteiger partial charge in [0.2, 0.25) is 5.95 Å². The predicted molar refractivity (Wildman–Crippen MR) is 64.0 cm³/mol. The number of hydrogen-bond acceptors (Lipinski definition) is 5. The molecule has 1 aliphatic carbocycles. The highest BCUT2D eigenvalue weighted by Crippen LogP contribution is 2.35. The molecule has 0 amide bonds. The molecule has 0 radical (unpaired) electrons. The van der Waals surface area contributed by atoms with E-state index in [2.05, 4.69) is 32.3 Å². The molecule has 1 aromatic rings. The summed E-state index contributed by atoms with van der Waals surface area (Å²) in [6.45, 7) is 5.05. The molecule has 1 aromatic heterocycles. The highest BCUT2D eigenvalue weighted by atomic mass is 16.3. The van der Waals surface area contributed by atoms with Crippen LogP contribution in [0.5, 0.6) is 0 Å². The third kappa shape index (κ3) is 2.14. The first-order chi connectivity index (χ1) is 8.22. The third-order valence-corrected chi connectivity index (χ3v) is 3.64. The van der Waals surface area contributed by atoms with E-state index in [1.165, 1.54) is 0 Å². The van der Waals surface area contributed by atoms with Gasteiger partial charge in [-0.15, -0.1) is 5.10 Å². The Balaban J connectivity index is 1.67. The number of aromatic amines is 1. The Labute approximate surface area is 100 Å². The van der Waals surface area contributed by atoms with Gasteiger partial charge < -0.3 is 15.3 Å². The maximum Gasteiger partial charge on any atom is 0.244 e. The van der Waals surface area contributed by atoms with Crippen LogP contribution in [0.15, 0.2) is 0 Å². The molecular weight excluding hydrogens is 218 g/mol. The van der Waals surface area contributed by atoms with Gasteiger partial charge in [-0.3, -0.25) is 5.10 Å². The summed E-state index contributed by atoms with van der Waals surface area (Å²) in [5, 5.41) is 20.0. The zero-order valence-corrected chi connectivity index (χ0v) is 10.1. The standard InChI is InChI=1S/C11H19N5O/c1-7-6-16(3-2-12-7)11-13-10(14-15-11)8-4-9(17)5-8/h7-9,12,17H,2-6H2,1H3,(H,13,14,15)/t7-,8?,9?/m0/s1. The lowest BCUT2D eigenvalue weighted by atomic mass is 9.82. The van der Waals surface area contributed by atoms with Crippen LogP contribution >= 0.6 is 0 Å². The summed E-state index contributed by atoms with van der Waals surface area (Å²) in [6.07, 6.45) is 1.48. The van der Waals surface area contributed by atoms with Crippen LogP contribution in [-0.4, -0.2) is 52.1 Å². The SMILES string of the molecule is C[C@H]1CN(c2n[nH]c(C3CC(O)C3)n2)CCN1. The van der Waals surface area contributed by atoms with Crippen molar-refractivity contribution in [3.05, 3.63) is 5.82 Å². The van der Waals surface area contributed by atoms with Gasteiger partial charge in [0, 0.05) is 31.6 Å². The van der Waals surface area contributed by atoms with E-state index in [1.54, 1.807) is 0 Å². The number of aliphatic hydroxyl groups excluding tert-OH is 1. The van der Waals surface area contributed by atoms with Crippen molar-refractivity contribution < 1.29 is 5.11 Å². The van der Waals surface area contributed by atoms with E-state index in [0.29, 0.717) is 12.0 Å². The van der Waals surface area contributed by atoms with Crippen LogP contribution in [-0.2, 0) is 0 Å². The van der Waals surface area contributed by atoms with Crippen LogP contribution < -0.4 is 10.2 Å². The second-order valence-electron chi connectivity index (χ2n) is 5.14. The molecule has 3 rings (SSSR count). The second kappa shape index (κ2) is 4.27. The number of aliphatic hydroxyl groups is 1. The Kier molecular flexibility index (Phi) is 2.76. The Bertz CT molecular complexity index is 387. The van der Waals surface area contributed by atoms with Crippen LogP contribution in [0.25, 0.3) is 0 Å². The van der Waals surface area contributed by atoms with E-state index in [9.17, 15) is 5.11 Å². The minimum absolute atomic E-state index is 0.146. The molecule has 6 heteroatoms. The van der Waals surface area contributed by atoms with Gasteiger partial charge >= 0.3 is 0 Å². The molecule has 17 heavy (non-hydrogen) atoms. The fourth-order valence-corrected chi connectivity index (χ4v) is 2.51. The van der Waals surface area contributed by atoms with Crippen molar-refractivity contribution in [2.45, 2.75) is 37.8 Å². The molecule has 3 N–H and O–H groups in total. The summed E-state index contributed by atoms with van der Waals surface area (Å²) in [4.78, 5) is 6.75. The number of rotatable bonds is 2. The highest BCUT2D eigenvalue weighted by Gasteiger charge is 2.31. The van der Waals surface area contributed by atoms with Crippen LogP contribution in [0.1, 0.15) is 31.5 Å². The Morgan fingerprint density at radius 3 is 2.94 bits per heavy atom. The summed E-state index contributed by atoms with van der Waals surface area (Å²) in [5.41, 5.74) is 0. The summed E-state index contributed by atoms with van der Waals surface area (Å²) in [7, 11) is 0. The van der Waals surface area contributed by atoms with Gasteiger partial charge in [0.1, 0.15) is 5.82 Å². The largest absolute Gasteiger partial charge is 0.393 e. The first-order valence-corrected chi connectivity index (χ1v) is 6.31. The molecule has 0 spiro atoms. The Morgan fingerprint density at radius 2 is 2.24 bits per heavy atom. The monoisotopic (exact) mass is 237 g/mol. The fourth-order valence-electron chi connectivity index (χ4n) is 2.51. The molecule has 0 bridgehead atoms. The minimum atomic E-state index is -0.146. The lowest BCUT2D eigenvalue weighted by Gasteiger charge is -2.31. The topological polar surface area (TPSA) is 77.1 Å². The van der Waals surface area contributed by atoms with E-state index < -0.39 is 0 Å². The highest BCUT2D eigenvalue weighted by molar-refractivity contribution is 5.31. The van der Waals surface area contributed by atoms with Crippen LogP contribution in [0.4, 0.5) is 5.95 Å². The number of nitrogens with one attached hydrogen (secondary N) is 2. The molecule has 1 saturated carbocycles. The molecular formula is C11H19N5O. The van der Waals surface area contributed by atoms with Gasteiger partial charge in [0.05, 0.1) is 6.10 Å². The normalized spacial score (nSPS) is 33.5. The second-order valence-corrected chi connectivity index (χ2v) is 5.14. The number of piperazine rings is 1. The smallest absolute Gasteiger partial charge is 0.244 e. The van der Waals surface area contributed by atoms with E-state index in [1.807, 2.05) is 0 Å². The lowest BCUT2D eigenvalue weighted by Crippen LogP contribution is -2.49. The van der Waals surface area contributed by atoms with E-state index in [-0.39, 0.29) is 6.10 Å². The van der Waals surface area contributed by atoms with E-state index in [0.717, 1.165) is 44.2 Å². The molecule has 0 aromatic carbocycles. The molecule has 1 atom stereocenters. The van der Waals surface area contributed by atoms with Crippen molar-refractivity contribution in [1.82, 2.24) is 20.5 Å². The van der Waals surface area contributed by atoms with Crippen LogP contribution in [0.2, 0.25) is 0 Å². The number of hydrogen-bond donors (Lipinski definition) is 3. The first kappa shape index (κ1) is 11.0. The lowest BCUT2D eigenvalue weighted by molar-refractivity contribution is 0.0718. The van der Waals surface area contributed by atoms with Crippen molar-refractivity contribution in [3.63, 3.8) is 0 Å². The molecule has 2 fully saturated rings. The van der Waals surface area contributed by atoms with Crippen molar-refractivity contribution in [2.75, 3.05) is 24.5 Å². The van der Waals surface area contributed by atoms with E-state index in [4.69, 9.17) is 0 Å². The molecule has 6 nitrogen and oxygen atoms in total. The molecule has 1 saturated heterocycles. The molecule has 2 heterocycles. The maximum absolute atomic E-state index is 9.29.